The standard InChI is InChI=1S/C10H21F3N2/c1-8(2)15(7-10(11,12)13)6-5-9(3)14-4/h8-9,14H,5-7H2,1-4H3. The second-order valence-electron chi connectivity index (χ2n) is 4.16. The molecule has 0 heterocycles. The minimum Gasteiger partial charge on any atom is -0.317 e. The summed E-state index contributed by atoms with van der Waals surface area (Å²) in [5, 5.41) is 3.01. The number of alkyl halides is 3. The van der Waals surface area contributed by atoms with Crippen molar-refractivity contribution in [2.45, 2.75) is 45.5 Å². The first-order chi connectivity index (χ1) is 6.76. The maximum absolute atomic E-state index is 12.2. The molecular weight excluding hydrogens is 205 g/mol. The molecule has 0 aliphatic heterocycles. The lowest BCUT2D eigenvalue weighted by atomic mass is 10.2. The summed E-state index contributed by atoms with van der Waals surface area (Å²) in [6.07, 6.45) is -3.38. The lowest BCUT2D eigenvalue weighted by Crippen LogP contribution is -2.41. The van der Waals surface area contributed by atoms with E-state index in [0.717, 1.165) is 6.42 Å². The van der Waals surface area contributed by atoms with Crippen molar-refractivity contribution in [1.29, 1.82) is 0 Å². The zero-order valence-electron chi connectivity index (χ0n) is 9.86. The molecule has 92 valence electrons. The van der Waals surface area contributed by atoms with Crippen LogP contribution in [0.15, 0.2) is 0 Å². The molecule has 0 rings (SSSR count). The van der Waals surface area contributed by atoms with Crippen LogP contribution in [0.4, 0.5) is 13.2 Å². The highest BCUT2D eigenvalue weighted by Gasteiger charge is 2.31. The Morgan fingerprint density at radius 3 is 2.07 bits per heavy atom. The maximum atomic E-state index is 12.2. The van der Waals surface area contributed by atoms with Crippen LogP contribution in [0.5, 0.6) is 0 Å². The summed E-state index contributed by atoms with van der Waals surface area (Å²) in [7, 11) is 1.81. The number of hydrogen-bond donors (Lipinski definition) is 1. The molecule has 0 aliphatic carbocycles. The zero-order chi connectivity index (χ0) is 12.1. The van der Waals surface area contributed by atoms with Gasteiger partial charge in [-0.3, -0.25) is 4.90 Å². The molecule has 0 saturated carbocycles. The Hall–Kier alpha value is -0.290. The Bertz CT molecular complexity index is 169. The Labute approximate surface area is 89.8 Å². The molecule has 0 saturated heterocycles. The van der Waals surface area contributed by atoms with Gasteiger partial charge in [-0.25, -0.2) is 0 Å². The Balaban J connectivity index is 4.06. The van der Waals surface area contributed by atoms with Crippen molar-refractivity contribution in [3.63, 3.8) is 0 Å². The summed E-state index contributed by atoms with van der Waals surface area (Å²) < 4.78 is 36.6. The SMILES string of the molecule is CNC(C)CCN(CC(F)(F)F)C(C)C. The molecule has 1 unspecified atom stereocenters. The van der Waals surface area contributed by atoms with Crippen LogP contribution in [0.3, 0.4) is 0 Å². The van der Waals surface area contributed by atoms with E-state index in [0.29, 0.717) is 6.54 Å². The van der Waals surface area contributed by atoms with Crippen molar-refractivity contribution in [1.82, 2.24) is 10.2 Å². The van der Waals surface area contributed by atoms with Gasteiger partial charge in [0, 0.05) is 18.6 Å². The molecule has 0 aromatic carbocycles. The second-order valence-corrected chi connectivity index (χ2v) is 4.16. The average Bonchev–Trinajstić information content (AvgIpc) is 2.09. The van der Waals surface area contributed by atoms with Crippen molar-refractivity contribution in [3.8, 4) is 0 Å². The van der Waals surface area contributed by atoms with Crippen molar-refractivity contribution < 1.29 is 13.2 Å². The molecule has 1 N–H and O–H groups in total. The van der Waals surface area contributed by atoms with Crippen molar-refractivity contribution >= 4 is 0 Å². The van der Waals surface area contributed by atoms with Crippen molar-refractivity contribution in [2.75, 3.05) is 20.1 Å². The van der Waals surface area contributed by atoms with Crippen LogP contribution in [0.1, 0.15) is 27.2 Å². The predicted molar refractivity (Wildman–Crippen MR) is 55.9 cm³/mol. The molecule has 0 aromatic rings. The van der Waals surface area contributed by atoms with Gasteiger partial charge in [-0.1, -0.05) is 0 Å². The molecule has 0 fully saturated rings. The van der Waals surface area contributed by atoms with Crippen LogP contribution in [0.2, 0.25) is 0 Å². The largest absolute Gasteiger partial charge is 0.401 e. The second kappa shape index (κ2) is 6.33. The first-order valence-corrected chi connectivity index (χ1v) is 5.24. The van der Waals surface area contributed by atoms with Crippen LogP contribution >= 0.6 is 0 Å². The maximum Gasteiger partial charge on any atom is 0.401 e. The van der Waals surface area contributed by atoms with Crippen LogP contribution in [-0.4, -0.2) is 43.3 Å². The van der Waals surface area contributed by atoms with E-state index in [2.05, 4.69) is 5.32 Å². The molecule has 15 heavy (non-hydrogen) atoms. The predicted octanol–water partition coefficient (Wildman–Crippen LogP) is 2.26. The third-order valence-electron chi connectivity index (χ3n) is 2.45. The number of nitrogens with zero attached hydrogens (tertiary/aromatic N) is 1. The van der Waals surface area contributed by atoms with Gasteiger partial charge in [0.1, 0.15) is 0 Å². The lowest BCUT2D eigenvalue weighted by molar-refractivity contribution is -0.149. The molecule has 0 radical (unpaired) electrons. The van der Waals surface area contributed by atoms with Gasteiger partial charge in [0.05, 0.1) is 6.54 Å². The van der Waals surface area contributed by atoms with Gasteiger partial charge < -0.3 is 5.32 Å². The summed E-state index contributed by atoms with van der Waals surface area (Å²) >= 11 is 0. The number of nitrogens with one attached hydrogen (secondary N) is 1. The van der Waals surface area contributed by atoms with E-state index in [9.17, 15) is 13.2 Å². The molecule has 1 atom stereocenters. The fourth-order valence-corrected chi connectivity index (χ4v) is 1.25. The number of hydrogen-bond acceptors (Lipinski definition) is 2. The van der Waals surface area contributed by atoms with Gasteiger partial charge in [0.25, 0.3) is 0 Å². The minimum absolute atomic E-state index is 0.0734. The van der Waals surface area contributed by atoms with E-state index >= 15 is 0 Å². The van der Waals surface area contributed by atoms with Gasteiger partial charge in [-0.2, -0.15) is 13.2 Å². The summed E-state index contributed by atoms with van der Waals surface area (Å²) in [6, 6.07) is 0.176. The molecule has 2 nitrogen and oxygen atoms in total. The van der Waals surface area contributed by atoms with Crippen LogP contribution < -0.4 is 5.32 Å². The summed E-state index contributed by atoms with van der Waals surface area (Å²) in [5.74, 6) is 0. The minimum atomic E-state index is -4.10. The van der Waals surface area contributed by atoms with Crippen molar-refractivity contribution in [2.24, 2.45) is 0 Å². The van der Waals surface area contributed by atoms with E-state index in [4.69, 9.17) is 0 Å². The average molecular weight is 226 g/mol. The third kappa shape index (κ3) is 7.62. The smallest absolute Gasteiger partial charge is 0.317 e. The normalized spacial score (nSPS) is 15.0. The fourth-order valence-electron chi connectivity index (χ4n) is 1.25. The molecule has 0 bridgehead atoms. The molecule has 0 amide bonds. The first-order valence-electron chi connectivity index (χ1n) is 5.24. The van der Waals surface area contributed by atoms with E-state index < -0.39 is 12.7 Å². The highest BCUT2D eigenvalue weighted by atomic mass is 19.4. The Morgan fingerprint density at radius 1 is 1.20 bits per heavy atom. The van der Waals surface area contributed by atoms with E-state index in [1.54, 1.807) is 13.8 Å². The molecule has 0 aromatic heterocycles. The summed E-state index contributed by atoms with van der Waals surface area (Å²) in [4.78, 5) is 1.45. The highest BCUT2D eigenvalue weighted by molar-refractivity contribution is 4.69. The Kier molecular flexibility index (Phi) is 6.20. The summed E-state index contributed by atoms with van der Waals surface area (Å²) in [5.41, 5.74) is 0. The van der Waals surface area contributed by atoms with Gasteiger partial charge in [-0.05, 0) is 34.2 Å². The topological polar surface area (TPSA) is 15.3 Å². The third-order valence-corrected chi connectivity index (χ3v) is 2.45. The van der Waals surface area contributed by atoms with Crippen LogP contribution in [0.25, 0.3) is 0 Å². The van der Waals surface area contributed by atoms with Gasteiger partial charge in [-0.15, -0.1) is 0 Å². The molecular formula is C10H21F3N2. The summed E-state index contributed by atoms with van der Waals surface area (Å²) in [6.45, 7) is 5.19. The monoisotopic (exact) mass is 226 g/mol. The molecule has 0 spiro atoms. The van der Waals surface area contributed by atoms with Crippen molar-refractivity contribution in [3.05, 3.63) is 0 Å². The van der Waals surface area contributed by atoms with Gasteiger partial charge in [0.15, 0.2) is 0 Å². The van der Waals surface area contributed by atoms with E-state index in [1.807, 2.05) is 14.0 Å². The zero-order valence-corrected chi connectivity index (χ0v) is 9.86. The van der Waals surface area contributed by atoms with E-state index in [1.165, 1.54) is 4.90 Å². The number of halogens is 3. The Morgan fingerprint density at radius 2 is 1.73 bits per heavy atom. The van der Waals surface area contributed by atoms with Gasteiger partial charge in [0.2, 0.25) is 0 Å². The van der Waals surface area contributed by atoms with Gasteiger partial charge >= 0.3 is 6.18 Å². The first kappa shape index (κ1) is 14.7. The van der Waals surface area contributed by atoms with Crippen LogP contribution in [0, 0.1) is 0 Å². The molecule has 5 heteroatoms. The fraction of sp³-hybridized carbons (Fsp3) is 1.00. The quantitative estimate of drug-likeness (QED) is 0.747. The van der Waals surface area contributed by atoms with Crippen LogP contribution in [-0.2, 0) is 0 Å². The number of rotatable bonds is 6. The van der Waals surface area contributed by atoms with E-state index in [-0.39, 0.29) is 12.1 Å². The lowest BCUT2D eigenvalue weighted by Gasteiger charge is -2.28. The highest BCUT2D eigenvalue weighted by Crippen LogP contribution is 2.18. The molecule has 0 aliphatic rings.